The predicted octanol–water partition coefficient (Wildman–Crippen LogP) is 3.00. The molecular weight excluding hydrogens is 342 g/mol. The molecule has 3 rings (SSSR count). The Morgan fingerprint density at radius 2 is 2.00 bits per heavy atom. The highest BCUT2D eigenvalue weighted by atomic mass is 32.2. The number of aromatic nitrogens is 1. The summed E-state index contributed by atoms with van der Waals surface area (Å²) in [7, 11) is 0. The van der Waals surface area contributed by atoms with Crippen LogP contribution in [0.1, 0.15) is 27.1 Å². The van der Waals surface area contributed by atoms with Crippen LogP contribution in [-0.4, -0.2) is 42.8 Å². The number of hydrogen-bond acceptors (Lipinski definition) is 7. The van der Waals surface area contributed by atoms with Crippen molar-refractivity contribution in [1.29, 1.82) is 0 Å². The fraction of sp³-hybridized carbons (Fsp3) is 0.278. The lowest BCUT2D eigenvalue weighted by molar-refractivity contribution is 0.0470. The van der Waals surface area contributed by atoms with E-state index in [1.165, 1.54) is 11.8 Å². The highest BCUT2D eigenvalue weighted by Crippen LogP contribution is 2.30. The van der Waals surface area contributed by atoms with E-state index in [-0.39, 0.29) is 12.4 Å². The summed E-state index contributed by atoms with van der Waals surface area (Å²) in [4.78, 5) is 28.6. The number of Topliss-reactive ketones (excluding diaryl/α,β-unsaturated/α-hetero) is 1. The maximum Gasteiger partial charge on any atom is 0.341 e. The van der Waals surface area contributed by atoms with Crippen LogP contribution in [0.25, 0.3) is 0 Å². The average molecular weight is 359 g/mol. The van der Waals surface area contributed by atoms with Gasteiger partial charge in [0.2, 0.25) is 0 Å². The fourth-order valence-electron chi connectivity index (χ4n) is 2.34. The first-order chi connectivity index (χ1) is 12.2. The van der Waals surface area contributed by atoms with Crippen molar-refractivity contribution in [2.24, 2.45) is 0 Å². The lowest BCUT2D eigenvalue weighted by Crippen LogP contribution is -2.15. The molecule has 25 heavy (non-hydrogen) atoms. The second-order valence-corrected chi connectivity index (χ2v) is 6.07. The molecule has 0 spiro atoms. The molecule has 1 aromatic heterocycles. The van der Waals surface area contributed by atoms with Crippen molar-refractivity contribution in [3.63, 3.8) is 0 Å². The smallest absolute Gasteiger partial charge is 0.341 e. The second-order valence-electron chi connectivity index (χ2n) is 5.27. The van der Waals surface area contributed by atoms with E-state index in [2.05, 4.69) is 4.98 Å². The van der Waals surface area contributed by atoms with Crippen molar-refractivity contribution in [3.05, 3.63) is 47.7 Å². The Balaban J connectivity index is 1.66. The summed E-state index contributed by atoms with van der Waals surface area (Å²) >= 11 is 1.34. The SMILES string of the molecule is CSc1ncccc1C(=O)OCC(=O)c1ccc2c(c1)OCCCO2. The number of rotatable bonds is 5. The van der Waals surface area contributed by atoms with E-state index in [0.717, 1.165) is 6.42 Å². The third kappa shape index (κ3) is 4.11. The van der Waals surface area contributed by atoms with Gasteiger partial charge in [0.15, 0.2) is 23.9 Å². The summed E-state index contributed by atoms with van der Waals surface area (Å²) in [5.41, 5.74) is 0.759. The number of ketones is 1. The van der Waals surface area contributed by atoms with E-state index in [9.17, 15) is 9.59 Å². The Morgan fingerprint density at radius 3 is 2.80 bits per heavy atom. The lowest BCUT2D eigenvalue weighted by atomic mass is 10.1. The molecule has 0 bridgehead atoms. The third-order valence-electron chi connectivity index (χ3n) is 3.59. The summed E-state index contributed by atoms with van der Waals surface area (Å²) < 4.78 is 16.2. The zero-order valence-electron chi connectivity index (χ0n) is 13.7. The molecule has 1 aliphatic heterocycles. The van der Waals surface area contributed by atoms with Crippen molar-refractivity contribution in [2.75, 3.05) is 26.1 Å². The molecule has 0 aliphatic carbocycles. The second kappa shape index (κ2) is 8.02. The minimum absolute atomic E-state index is 0.307. The molecule has 7 heteroatoms. The van der Waals surface area contributed by atoms with Gasteiger partial charge in [-0.25, -0.2) is 9.78 Å². The molecule has 0 N–H and O–H groups in total. The van der Waals surface area contributed by atoms with Crippen LogP contribution in [0, 0.1) is 0 Å². The normalized spacial score (nSPS) is 13.0. The van der Waals surface area contributed by atoms with Crippen LogP contribution < -0.4 is 9.47 Å². The number of nitrogens with zero attached hydrogens (tertiary/aromatic N) is 1. The van der Waals surface area contributed by atoms with Crippen LogP contribution >= 0.6 is 11.8 Å². The quantitative estimate of drug-likeness (QED) is 0.461. The Morgan fingerprint density at radius 1 is 1.20 bits per heavy atom. The standard InChI is InChI=1S/C18H17NO5S/c1-25-17-13(4-2-7-19-17)18(21)24-11-14(20)12-5-6-15-16(10-12)23-9-3-8-22-15/h2,4-7,10H,3,8-9,11H2,1H3. The van der Waals surface area contributed by atoms with Gasteiger partial charge in [-0.05, 0) is 36.6 Å². The average Bonchev–Trinajstić information content (AvgIpc) is 2.90. The van der Waals surface area contributed by atoms with Crippen LogP contribution in [-0.2, 0) is 4.74 Å². The maximum atomic E-state index is 12.3. The van der Waals surface area contributed by atoms with Gasteiger partial charge >= 0.3 is 5.97 Å². The largest absolute Gasteiger partial charge is 0.490 e. The van der Waals surface area contributed by atoms with Crippen LogP contribution in [0.15, 0.2) is 41.6 Å². The Hall–Kier alpha value is -2.54. The van der Waals surface area contributed by atoms with Gasteiger partial charge in [-0.2, -0.15) is 0 Å². The molecule has 2 heterocycles. The first-order valence-corrected chi connectivity index (χ1v) is 9.00. The molecule has 6 nitrogen and oxygen atoms in total. The van der Waals surface area contributed by atoms with Crippen LogP contribution in [0.5, 0.6) is 11.5 Å². The van der Waals surface area contributed by atoms with E-state index in [4.69, 9.17) is 14.2 Å². The molecule has 1 aromatic carbocycles. The van der Waals surface area contributed by atoms with Crippen molar-refractivity contribution in [1.82, 2.24) is 4.98 Å². The topological polar surface area (TPSA) is 74.7 Å². The summed E-state index contributed by atoms with van der Waals surface area (Å²) in [6.07, 6.45) is 4.21. The first-order valence-electron chi connectivity index (χ1n) is 7.78. The molecule has 0 fully saturated rings. The van der Waals surface area contributed by atoms with Gasteiger partial charge in [-0.1, -0.05) is 0 Å². The fourth-order valence-corrected chi connectivity index (χ4v) is 2.88. The molecule has 0 amide bonds. The van der Waals surface area contributed by atoms with Crippen LogP contribution in [0.2, 0.25) is 0 Å². The van der Waals surface area contributed by atoms with Gasteiger partial charge in [-0.3, -0.25) is 4.79 Å². The Kier molecular flexibility index (Phi) is 5.55. The predicted molar refractivity (Wildman–Crippen MR) is 92.7 cm³/mol. The molecule has 2 aromatic rings. The van der Waals surface area contributed by atoms with Gasteiger partial charge in [-0.15, -0.1) is 11.8 Å². The van der Waals surface area contributed by atoms with Gasteiger partial charge in [0, 0.05) is 18.2 Å². The summed E-state index contributed by atoms with van der Waals surface area (Å²) in [5.74, 6) is 0.274. The number of esters is 1. The Labute approximate surface area is 149 Å². The number of hydrogen-bond donors (Lipinski definition) is 0. The molecule has 0 saturated carbocycles. The van der Waals surface area contributed by atoms with E-state index in [1.54, 1.807) is 36.5 Å². The molecule has 0 saturated heterocycles. The van der Waals surface area contributed by atoms with Gasteiger partial charge < -0.3 is 14.2 Å². The van der Waals surface area contributed by atoms with Crippen molar-refractivity contribution in [3.8, 4) is 11.5 Å². The molecule has 130 valence electrons. The van der Waals surface area contributed by atoms with E-state index in [0.29, 0.717) is 40.9 Å². The number of thioether (sulfide) groups is 1. The lowest BCUT2D eigenvalue weighted by Gasteiger charge is -2.10. The van der Waals surface area contributed by atoms with Gasteiger partial charge in [0.05, 0.1) is 18.8 Å². The van der Waals surface area contributed by atoms with E-state index < -0.39 is 5.97 Å². The number of pyridine rings is 1. The number of ether oxygens (including phenoxy) is 3. The highest BCUT2D eigenvalue weighted by molar-refractivity contribution is 7.98. The minimum Gasteiger partial charge on any atom is -0.490 e. The molecule has 1 aliphatic rings. The summed E-state index contributed by atoms with van der Waals surface area (Å²) in [6.45, 7) is 0.778. The zero-order valence-corrected chi connectivity index (χ0v) is 14.5. The Bertz CT molecular complexity index is 793. The highest BCUT2D eigenvalue weighted by Gasteiger charge is 2.18. The molecule has 0 radical (unpaired) electrons. The third-order valence-corrected chi connectivity index (χ3v) is 4.30. The number of fused-ring (bicyclic) bond motifs is 1. The molecular formula is C18H17NO5S. The molecule has 0 atom stereocenters. The zero-order chi connectivity index (χ0) is 17.6. The van der Waals surface area contributed by atoms with E-state index >= 15 is 0 Å². The monoisotopic (exact) mass is 359 g/mol. The van der Waals surface area contributed by atoms with Crippen molar-refractivity contribution in [2.45, 2.75) is 11.4 Å². The van der Waals surface area contributed by atoms with Crippen molar-refractivity contribution < 1.29 is 23.8 Å². The number of carbonyl (C=O) groups is 2. The molecule has 0 unspecified atom stereocenters. The maximum absolute atomic E-state index is 12.3. The van der Waals surface area contributed by atoms with Crippen molar-refractivity contribution >= 4 is 23.5 Å². The van der Waals surface area contributed by atoms with Crippen LogP contribution in [0.4, 0.5) is 0 Å². The van der Waals surface area contributed by atoms with Gasteiger partial charge in [0.25, 0.3) is 0 Å². The van der Waals surface area contributed by atoms with Gasteiger partial charge in [0.1, 0.15) is 5.03 Å². The number of carbonyl (C=O) groups excluding carboxylic acids is 2. The number of benzene rings is 1. The minimum atomic E-state index is -0.569. The van der Waals surface area contributed by atoms with Crippen LogP contribution in [0.3, 0.4) is 0 Å². The summed E-state index contributed by atoms with van der Waals surface area (Å²) in [6, 6.07) is 8.24. The first kappa shape index (κ1) is 17.3. The summed E-state index contributed by atoms with van der Waals surface area (Å²) in [5, 5.41) is 0.565. The van der Waals surface area contributed by atoms with E-state index in [1.807, 2.05) is 6.26 Å².